The summed E-state index contributed by atoms with van der Waals surface area (Å²) in [5, 5.41) is 4.76. The van der Waals surface area contributed by atoms with Crippen LogP contribution in [0.5, 0.6) is 0 Å². The molecule has 2 heterocycles. The molecule has 114 valence electrons. The zero-order valence-corrected chi connectivity index (χ0v) is 13.6. The van der Waals surface area contributed by atoms with Gasteiger partial charge in [-0.25, -0.2) is 4.98 Å². The molecule has 0 aromatic carbocycles. The van der Waals surface area contributed by atoms with Crippen molar-refractivity contribution in [3.63, 3.8) is 0 Å². The second-order valence-corrected chi connectivity index (χ2v) is 7.04. The number of aromatic nitrogens is 1. The fourth-order valence-corrected chi connectivity index (χ4v) is 3.82. The number of hydrogen-bond donors (Lipinski definition) is 1. The second-order valence-electron chi connectivity index (χ2n) is 5.75. The summed E-state index contributed by atoms with van der Waals surface area (Å²) in [7, 11) is 1.74. The maximum Gasteiger partial charge on any atom is 0.0937 e. The van der Waals surface area contributed by atoms with E-state index in [-0.39, 0.29) is 5.41 Å². The first-order chi connectivity index (χ1) is 9.65. The number of methoxy groups -OCH3 is 1. The summed E-state index contributed by atoms with van der Waals surface area (Å²) >= 11 is 1.83. The van der Waals surface area contributed by atoms with Crippen LogP contribution >= 0.6 is 11.3 Å². The molecule has 0 amide bonds. The van der Waals surface area contributed by atoms with Gasteiger partial charge >= 0.3 is 0 Å². The van der Waals surface area contributed by atoms with Crippen molar-refractivity contribution in [3.05, 3.63) is 15.6 Å². The third kappa shape index (κ3) is 4.25. The summed E-state index contributed by atoms with van der Waals surface area (Å²) in [6.07, 6.45) is 3.38. The van der Waals surface area contributed by atoms with Crippen molar-refractivity contribution in [3.8, 4) is 0 Å². The van der Waals surface area contributed by atoms with Gasteiger partial charge in [-0.3, -0.25) is 0 Å². The van der Waals surface area contributed by atoms with Crippen LogP contribution in [0.2, 0.25) is 0 Å². The van der Waals surface area contributed by atoms with E-state index in [1.807, 2.05) is 11.3 Å². The molecule has 4 nitrogen and oxygen atoms in total. The third-order valence-corrected chi connectivity index (χ3v) is 5.06. The van der Waals surface area contributed by atoms with Gasteiger partial charge in [0, 0.05) is 43.5 Å². The van der Waals surface area contributed by atoms with Crippen molar-refractivity contribution < 1.29 is 9.47 Å². The molecule has 0 saturated carbocycles. The van der Waals surface area contributed by atoms with E-state index in [4.69, 9.17) is 14.5 Å². The quantitative estimate of drug-likeness (QED) is 0.785. The highest BCUT2D eigenvalue weighted by molar-refractivity contribution is 7.11. The van der Waals surface area contributed by atoms with Gasteiger partial charge in [0.25, 0.3) is 0 Å². The van der Waals surface area contributed by atoms with Crippen LogP contribution in [-0.2, 0) is 15.9 Å². The highest BCUT2D eigenvalue weighted by Gasteiger charge is 2.34. The fraction of sp³-hybridized carbons (Fsp3) is 0.800. The van der Waals surface area contributed by atoms with Gasteiger partial charge in [-0.2, -0.15) is 0 Å². The fourth-order valence-electron chi connectivity index (χ4n) is 2.71. The molecule has 1 unspecified atom stereocenters. The first-order valence-electron chi connectivity index (χ1n) is 7.35. The number of rotatable bonds is 7. The van der Waals surface area contributed by atoms with Gasteiger partial charge < -0.3 is 14.8 Å². The summed E-state index contributed by atoms with van der Waals surface area (Å²) in [5.74, 6) is 0. The smallest absolute Gasteiger partial charge is 0.0937 e. The Bertz CT molecular complexity index is 395. The summed E-state index contributed by atoms with van der Waals surface area (Å²) in [6.45, 7) is 8.61. The van der Waals surface area contributed by atoms with Crippen LogP contribution in [0.25, 0.3) is 0 Å². The minimum Gasteiger partial charge on any atom is -0.383 e. The Hall–Kier alpha value is -0.490. The van der Waals surface area contributed by atoms with Gasteiger partial charge in [-0.05, 0) is 26.7 Å². The predicted molar refractivity (Wildman–Crippen MR) is 82.5 cm³/mol. The zero-order chi connectivity index (χ0) is 14.4. The topological polar surface area (TPSA) is 43.4 Å². The first-order valence-corrected chi connectivity index (χ1v) is 8.17. The Morgan fingerprint density at radius 3 is 2.90 bits per heavy atom. The lowest BCUT2D eigenvalue weighted by atomic mass is 9.79. The molecule has 0 radical (unpaired) electrons. The number of thiazole rings is 1. The molecule has 1 fully saturated rings. The van der Waals surface area contributed by atoms with Crippen molar-refractivity contribution in [2.75, 3.05) is 40.0 Å². The molecular weight excluding hydrogens is 272 g/mol. The maximum atomic E-state index is 5.76. The maximum absolute atomic E-state index is 5.76. The minimum absolute atomic E-state index is 0.197. The molecule has 1 atom stereocenters. The van der Waals surface area contributed by atoms with Crippen molar-refractivity contribution in [2.24, 2.45) is 5.41 Å². The van der Waals surface area contributed by atoms with Gasteiger partial charge in [0.2, 0.25) is 0 Å². The molecule has 1 N–H and O–H groups in total. The van der Waals surface area contributed by atoms with Crippen LogP contribution in [0.4, 0.5) is 0 Å². The monoisotopic (exact) mass is 298 g/mol. The molecular formula is C15H26N2O2S. The first kappa shape index (κ1) is 15.9. The number of nitrogens with zero attached hydrogens (tertiary/aromatic N) is 1. The van der Waals surface area contributed by atoms with E-state index in [9.17, 15) is 0 Å². The molecule has 1 aliphatic rings. The van der Waals surface area contributed by atoms with Crippen molar-refractivity contribution in [2.45, 2.75) is 33.1 Å². The standard InChI is InChI=1S/C15H26N2O2S/c1-12-13(2)20-14(17-12)9-15(5-4-7-19-11-15)10-16-6-8-18-3/h16H,4-11H2,1-3H3. The number of hydrogen-bond acceptors (Lipinski definition) is 5. The van der Waals surface area contributed by atoms with Gasteiger partial charge in [0.1, 0.15) is 0 Å². The molecule has 1 aromatic rings. The SMILES string of the molecule is COCCNCC1(Cc2nc(C)c(C)s2)CCCOC1. The second kappa shape index (κ2) is 7.50. The molecule has 20 heavy (non-hydrogen) atoms. The van der Waals surface area contributed by atoms with Crippen molar-refractivity contribution in [1.82, 2.24) is 10.3 Å². The van der Waals surface area contributed by atoms with Crippen LogP contribution in [0.3, 0.4) is 0 Å². The van der Waals surface area contributed by atoms with E-state index in [1.54, 1.807) is 7.11 Å². The molecule has 0 spiro atoms. The van der Waals surface area contributed by atoms with E-state index in [0.29, 0.717) is 0 Å². The lowest BCUT2D eigenvalue weighted by Gasteiger charge is -2.36. The van der Waals surface area contributed by atoms with Crippen molar-refractivity contribution in [1.29, 1.82) is 0 Å². The van der Waals surface area contributed by atoms with Gasteiger partial charge in [-0.1, -0.05) is 0 Å². The van der Waals surface area contributed by atoms with E-state index < -0.39 is 0 Å². The lowest BCUT2D eigenvalue weighted by Crippen LogP contribution is -2.43. The Morgan fingerprint density at radius 2 is 2.30 bits per heavy atom. The molecule has 2 rings (SSSR count). The van der Waals surface area contributed by atoms with Crippen LogP contribution in [0.1, 0.15) is 28.4 Å². The van der Waals surface area contributed by atoms with E-state index in [0.717, 1.165) is 45.8 Å². The highest BCUT2D eigenvalue weighted by atomic mass is 32.1. The van der Waals surface area contributed by atoms with E-state index >= 15 is 0 Å². The van der Waals surface area contributed by atoms with Crippen LogP contribution in [-0.4, -0.2) is 45.0 Å². The summed E-state index contributed by atoms with van der Waals surface area (Å²) < 4.78 is 10.9. The summed E-state index contributed by atoms with van der Waals surface area (Å²) in [5.41, 5.74) is 1.37. The number of nitrogens with one attached hydrogen (secondary N) is 1. The number of aryl methyl sites for hydroxylation is 2. The molecule has 1 aliphatic heterocycles. The Labute approximate surface area is 125 Å². The zero-order valence-electron chi connectivity index (χ0n) is 12.8. The summed E-state index contributed by atoms with van der Waals surface area (Å²) in [4.78, 5) is 6.04. The van der Waals surface area contributed by atoms with Crippen LogP contribution < -0.4 is 5.32 Å². The van der Waals surface area contributed by atoms with Gasteiger partial charge in [0.05, 0.1) is 23.9 Å². The average molecular weight is 298 g/mol. The largest absolute Gasteiger partial charge is 0.383 e. The van der Waals surface area contributed by atoms with Crippen LogP contribution in [0.15, 0.2) is 0 Å². The Kier molecular flexibility index (Phi) is 5.96. The Balaban J connectivity index is 1.98. The summed E-state index contributed by atoms with van der Waals surface area (Å²) in [6, 6.07) is 0. The van der Waals surface area contributed by atoms with Gasteiger partial charge in [0.15, 0.2) is 0 Å². The normalized spacial score (nSPS) is 23.1. The average Bonchev–Trinajstić information content (AvgIpc) is 2.74. The van der Waals surface area contributed by atoms with E-state index in [2.05, 4.69) is 19.2 Å². The van der Waals surface area contributed by atoms with E-state index in [1.165, 1.54) is 22.0 Å². The highest BCUT2D eigenvalue weighted by Crippen LogP contribution is 2.33. The molecule has 5 heteroatoms. The minimum atomic E-state index is 0.197. The predicted octanol–water partition coefficient (Wildman–Crippen LogP) is 2.34. The molecule has 1 saturated heterocycles. The van der Waals surface area contributed by atoms with Crippen LogP contribution in [0, 0.1) is 19.3 Å². The van der Waals surface area contributed by atoms with Gasteiger partial charge in [-0.15, -0.1) is 11.3 Å². The van der Waals surface area contributed by atoms with Crippen molar-refractivity contribution >= 4 is 11.3 Å². The third-order valence-electron chi connectivity index (χ3n) is 3.99. The lowest BCUT2D eigenvalue weighted by molar-refractivity contribution is -0.00773. The number of ether oxygens (including phenoxy) is 2. The Morgan fingerprint density at radius 1 is 1.45 bits per heavy atom. The molecule has 1 aromatic heterocycles. The molecule has 0 bridgehead atoms. The molecule has 0 aliphatic carbocycles.